The van der Waals surface area contributed by atoms with Gasteiger partial charge >= 0.3 is 0 Å². The van der Waals surface area contributed by atoms with E-state index in [1.54, 1.807) is 6.07 Å². The topological polar surface area (TPSA) is 46.2 Å². The Hall–Kier alpha value is -1.51. The van der Waals surface area contributed by atoms with E-state index in [1.165, 1.54) is 23.9 Å². The van der Waals surface area contributed by atoms with Gasteiger partial charge in [0.2, 0.25) is 10.0 Å². The number of thioether (sulfide) groups is 1. The van der Waals surface area contributed by atoms with Crippen LogP contribution in [-0.4, -0.2) is 14.2 Å². The molecular weight excluding hydrogens is 347 g/mol. The summed E-state index contributed by atoms with van der Waals surface area (Å²) in [6.45, 7) is 0. The molecule has 0 fully saturated rings. The quantitative estimate of drug-likeness (QED) is 0.911. The zero-order chi connectivity index (χ0) is 16.6. The molecule has 1 unspecified atom stereocenters. The van der Waals surface area contributed by atoms with Crippen LogP contribution in [0.4, 0.5) is 13.2 Å². The van der Waals surface area contributed by atoms with Gasteiger partial charge in [-0.15, -0.1) is 11.8 Å². The summed E-state index contributed by atoms with van der Waals surface area (Å²) in [6, 6.07) is 5.96. The van der Waals surface area contributed by atoms with Gasteiger partial charge in [0.1, 0.15) is 22.3 Å². The van der Waals surface area contributed by atoms with Gasteiger partial charge in [-0.3, -0.25) is 0 Å². The summed E-state index contributed by atoms with van der Waals surface area (Å²) in [4.78, 5) is -0.375. The van der Waals surface area contributed by atoms with Gasteiger partial charge in [-0.1, -0.05) is 12.1 Å². The zero-order valence-corrected chi connectivity index (χ0v) is 13.4. The lowest BCUT2D eigenvalue weighted by molar-refractivity contribution is 0.519. The summed E-state index contributed by atoms with van der Waals surface area (Å²) in [5, 5.41) is 0. The second-order valence-electron chi connectivity index (χ2n) is 5.04. The third-order valence-corrected chi connectivity index (χ3v) is 6.15. The Bertz CT molecular complexity index is 856. The fourth-order valence-electron chi connectivity index (χ4n) is 2.44. The van der Waals surface area contributed by atoms with Crippen molar-refractivity contribution in [3.63, 3.8) is 0 Å². The Morgan fingerprint density at radius 2 is 1.87 bits per heavy atom. The number of hydrogen-bond donors (Lipinski definition) is 1. The van der Waals surface area contributed by atoms with Crippen molar-refractivity contribution in [1.82, 2.24) is 4.72 Å². The van der Waals surface area contributed by atoms with E-state index in [9.17, 15) is 21.6 Å². The molecule has 1 aliphatic rings. The first-order valence-corrected chi connectivity index (χ1v) is 9.24. The van der Waals surface area contributed by atoms with Crippen molar-refractivity contribution in [1.29, 1.82) is 0 Å². The molecule has 0 saturated heterocycles. The first-order chi connectivity index (χ1) is 10.9. The lowest BCUT2D eigenvalue weighted by Crippen LogP contribution is -2.31. The highest BCUT2D eigenvalue weighted by molar-refractivity contribution is 7.99. The Balaban J connectivity index is 1.97. The summed E-state index contributed by atoms with van der Waals surface area (Å²) in [6.07, 6.45) is 0.428. The first kappa shape index (κ1) is 16.4. The molecule has 0 saturated carbocycles. The van der Waals surface area contributed by atoms with E-state index in [2.05, 4.69) is 4.72 Å². The molecule has 0 aliphatic carbocycles. The molecular formula is C15H12F3NO2S2. The van der Waals surface area contributed by atoms with E-state index in [-0.39, 0.29) is 0 Å². The van der Waals surface area contributed by atoms with Crippen LogP contribution >= 0.6 is 11.8 Å². The van der Waals surface area contributed by atoms with Crippen molar-refractivity contribution in [3.05, 3.63) is 59.4 Å². The molecule has 0 amide bonds. The maximum atomic E-state index is 13.8. The molecule has 122 valence electrons. The fourth-order valence-corrected chi connectivity index (χ4v) is 4.92. The standard InChI is InChI=1S/C15H12F3NO2S2/c16-9-4-5-11(17)14(8-9)23(20,21)19-13-6-7-22-15-10(13)2-1-3-12(15)18/h1-5,8,13,19H,6-7H2. The summed E-state index contributed by atoms with van der Waals surface area (Å²) in [5.74, 6) is -1.79. The van der Waals surface area contributed by atoms with E-state index in [4.69, 9.17) is 0 Å². The lowest BCUT2D eigenvalue weighted by atomic mass is 10.0. The molecule has 3 rings (SSSR count). The molecule has 23 heavy (non-hydrogen) atoms. The minimum Gasteiger partial charge on any atom is -0.207 e. The molecule has 0 bridgehead atoms. The highest BCUT2D eigenvalue weighted by atomic mass is 32.2. The van der Waals surface area contributed by atoms with Crippen molar-refractivity contribution >= 4 is 21.8 Å². The zero-order valence-electron chi connectivity index (χ0n) is 11.7. The van der Waals surface area contributed by atoms with Gasteiger partial charge in [0.25, 0.3) is 0 Å². The second kappa shape index (κ2) is 6.18. The van der Waals surface area contributed by atoms with Crippen molar-refractivity contribution in [2.24, 2.45) is 0 Å². The van der Waals surface area contributed by atoms with Crippen molar-refractivity contribution in [3.8, 4) is 0 Å². The minimum absolute atomic E-state index is 0.381. The maximum absolute atomic E-state index is 13.8. The van der Waals surface area contributed by atoms with Gasteiger partial charge in [0.05, 0.1) is 0 Å². The van der Waals surface area contributed by atoms with Crippen LogP contribution in [0.3, 0.4) is 0 Å². The molecule has 0 spiro atoms. The average Bonchev–Trinajstić information content (AvgIpc) is 2.50. The molecule has 2 aromatic carbocycles. The summed E-state index contributed by atoms with van der Waals surface area (Å²) < 4.78 is 67.8. The molecule has 1 atom stereocenters. The number of halogens is 3. The lowest BCUT2D eigenvalue weighted by Gasteiger charge is -2.26. The van der Waals surface area contributed by atoms with Gasteiger partial charge in [-0.2, -0.15) is 0 Å². The van der Waals surface area contributed by atoms with Crippen LogP contribution in [0.5, 0.6) is 0 Å². The van der Waals surface area contributed by atoms with E-state index < -0.39 is 38.4 Å². The van der Waals surface area contributed by atoms with Crippen LogP contribution in [0.2, 0.25) is 0 Å². The van der Waals surface area contributed by atoms with Crippen molar-refractivity contribution in [2.45, 2.75) is 22.3 Å². The minimum atomic E-state index is -4.27. The SMILES string of the molecule is O=S(=O)(NC1CCSc2c(F)cccc21)c1cc(F)ccc1F. The third kappa shape index (κ3) is 3.24. The Labute approximate surface area is 136 Å². The van der Waals surface area contributed by atoms with Crippen molar-refractivity contribution in [2.75, 3.05) is 5.75 Å². The van der Waals surface area contributed by atoms with Crippen LogP contribution in [0.15, 0.2) is 46.2 Å². The number of hydrogen-bond acceptors (Lipinski definition) is 3. The third-order valence-electron chi connectivity index (χ3n) is 3.51. The molecule has 1 N–H and O–H groups in total. The second-order valence-corrected chi connectivity index (χ2v) is 7.83. The van der Waals surface area contributed by atoms with Gasteiger partial charge in [0, 0.05) is 10.9 Å². The maximum Gasteiger partial charge on any atom is 0.244 e. The van der Waals surface area contributed by atoms with E-state index in [0.717, 1.165) is 12.1 Å². The molecule has 0 radical (unpaired) electrons. The fraction of sp³-hybridized carbons (Fsp3) is 0.200. The van der Waals surface area contributed by atoms with Crippen LogP contribution in [0, 0.1) is 17.5 Å². The number of nitrogens with one attached hydrogen (secondary N) is 1. The average molecular weight is 359 g/mol. The highest BCUT2D eigenvalue weighted by Gasteiger charge is 2.29. The monoisotopic (exact) mass is 359 g/mol. The number of benzene rings is 2. The van der Waals surface area contributed by atoms with E-state index >= 15 is 0 Å². The summed E-state index contributed by atoms with van der Waals surface area (Å²) in [7, 11) is -4.27. The van der Waals surface area contributed by atoms with E-state index in [0.29, 0.717) is 28.7 Å². The van der Waals surface area contributed by atoms with E-state index in [1.807, 2.05) is 0 Å². The highest BCUT2D eigenvalue weighted by Crippen LogP contribution is 2.38. The molecule has 2 aromatic rings. The first-order valence-electron chi connectivity index (χ1n) is 6.77. The molecule has 8 heteroatoms. The number of rotatable bonds is 3. The molecule has 0 aromatic heterocycles. The number of fused-ring (bicyclic) bond motifs is 1. The molecule has 1 heterocycles. The smallest absolute Gasteiger partial charge is 0.207 e. The summed E-state index contributed by atoms with van der Waals surface area (Å²) >= 11 is 1.30. The van der Waals surface area contributed by atoms with Crippen LogP contribution in [0.1, 0.15) is 18.0 Å². The number of sulfonamides is 1. The van der Waals surface area contributed by atoms with Crippen LogP contribution in [-0.2, 0) is 10.0 Å². The largest absolute Gasteiger partial charge is 0.244 e. The predicted molar refractivity (Wildman–Crippen MR) is 81.2 cm³/mol. The predicted octanol–water partition coefficient (Wildman–Crippen LogP) is 3.62. The summed E-state index contributed by atoms with van der Waals surface area (Å²) in [5.41, 5.74) is 0.502. The van der Waals surface area contributed by atoms with Gasteiger partial charge in [-0.05, 0) is 42.0 Å². The Morgan fingerprint density at radius 3 is 2.65 bits per heavy atom. The molecule has 3 nitrogen and oxygen atoms in total. The van der Waals surface area contributed by atoms with Crippen molar-refractivity contribution < 1.29 is 21.6 Å². The normalized spacial score (nSPS) is 17.8. The van der Waals surface area contributed by atoms with Crippen LogP contribution in [0.25, 0.3) is 0 Å². The van der Waals surface area contributed by atoms with Gasteiger partial charge < -0.3 is 0 Å². The van der Waals surface area contributed by atoms with Crippen LogP contribution < -0.4 is 4.72 Å². The Kier molecular flexibility index (Phi) is 4.39. The van der Waals surface area contributed by atoms with Gasteiger partial charge in [-0.25, -0.2) is 26.3 Å². The molecule has 1 aliphatic heterocycles. The van der Waals surface area contributed by atoms with Gasteiger partial charge in [0.15, 0.2) is 0 Å². The Morgan fingerprint density at radius 1 is 1.09 bits per heavy atom.